The Morgan fingerprint density at radius 3 is 2.63 bits per heavy atom. The second kappa shape index (κ2) is 7.28. The molecule has 1 fully saturated rings. The number of hydrogen-bond acceptors (Lipinski definition) is 2. The number of halogens is 1. The zero-order valence-corrected chi connectivity index (χ0v) is 13.0. The maximum absolute atomic E-state index is 9.87. The van der Waals surface area contributed by atoms with E-state index < -0.39 is 0 Å². The van der Waals surface area contributed by atoms with Crippen molar-refractivity contribution in [1.82, 2.24) is 0 Å². The third kappa shape index (κ3) is 3.71. The van der Waals surface area contributed by atoms with Gasteiger partial charge in [0.05, 0.1) is 6.10 Å². The summed E-state index contributed by atoms with van der Waals surface area (Å²) in [6.07, 6.45) is 3.49. The summed E-state index contributed by atoms with van der Waals surface area (Å²) in [5.41, 5.74) is 8.14. The van der Waals surface area contributed by atoms with Crippen molar-refractivity contribution in [3.8, 4) is 0 Å². The van der Waals surface area contributed by atoms with E-state index in [9.17, 15) is 5.11 Å². The van der Waals surface area contributed by atoms with Gasteiger partial charge >= 0.3 is 0 Å². The van der Waals surface area contributed by atoms with Gasteiger partial charge in [-0.2, -0.15) is 0 Å². The molecule has 1 aliphatic carbocycles. The molecule has 0 spiro atoms. The molecule has 0 heterocycles. The zero-order chi connectivity index (χ0) is 14.5. The van der Waals surface area contributed by atoms with Crippen LogP contribution in [0.15, 0.2) is 18.2 Å². The Labute approximate surface area is 122 Å². The van der Waals surface area contributed by atoms with Crippen LogP contribution in [0, 0.1) is 6.92 Å². The van der Waals surface area contributed by atoms with Gasteiger partial charge in [0.2, 0.25) is 0 Å². The van der Waals surface area contributed by atoms with Crippen LogP contribution in [0.3, 0.4) is 0 Å². The quantitative estimate of drug-likeness (QED) is 0.867. The van der Waals surface area contributed by atoms with Crippen LogP contribution in [0.25, 0.3) is 0 Å². The van der Waals surface area contributed by atoms with E-state index in [-0.39, 0.29) is 11.5 Å². The van der Waals surface area contributed by atoms with Crippen LogP contribution < -0.4 is 5.73 Å². The van der Waals surface area contributed by atoms with E-state index in [0.717, 1.165) is 36.3 Å². The van der Waals surface area contributed by atoms with Crippen molar-refractivity contribution < 1.29 is 5.11 Å². The lowest BCUT2D eigenvalue weighted by Gasteiger charge is -2.39. The van der Waals surface area contributed by atoms with Gasteiger partial charge in [0.25, 0.3) is 0 Å². The van der Waals surface area contributed by atoms with E-state index in [1.54, 1.807) is 0 Å². The molecule has 3 heteroatoms. The van der Waals surface area contributed by atoms with E-state index in [4.69, 9.17) is 17.3 Å². The van der Waals surface area contributed by atoms with Gasteiger partial charge in [0.1, 0.15) is 0 Å². The minimum Gasteiger partial charge on any atom is -0.393 e. The predicted molar refractivity (Wildman–Crippen MR) is 82.7 cm³/mol. The average Bonchev–Trinajstić information content (AvgIpc) is 2.44. The van der Waals surface area contributed by atoms with Crippen molar-refractivity contribution in [3.63, 3.8) is 0 Å². The minimum atomic E-state index is -0.229. The number of nitrogens with two attached hydrogens (primary N) is 1. The van der Waals surface area contributed by atoms with Crippen LogP contribution in [0.1, 0.15) is 50.7 Å². The maximum atomic E-state index is 9.87. The van der Waals surface area contributed by atoms with Crippen molar-refractivity contribution in [2.45, 2.75) is 58.0 Å². The highest BCUT2D eigenvalue weighted by atomic mass is 35.5. The third-order valence-electron chi connectivity index (χ3n) is 3.99. The molecular weight excluding hydrogens is 258 g/mol. The van der Waals surface area contributed by atoms with Gasteiger partial charge in [0.15, 0.2) is 0 Å². The molecule has 0 aromatic heterocycles. The molecule has 0 aliphatic heterocycles. The van der Waals surface area contributed by atoms with E-state index in [2.05, 4.69) is 6.07 Å². The summed E-state index contributed by atoms with van der Waals surface area (Å²) < 4.78 is 0. The summed E-state index contributed by atoms with van der Waals surface area (Å²) in [4.78, 5) is 0. The SMILES string of the molecule is CC.Cc1ccc(C2(CN)CCCC(O)C2)cc1Cl. The van der Waals surface area contributed by atoms with E-state index >= 15 is 0 Å². The highest BCUT2D eigenvalue weighted by Gasteiger charge is 2.36. The summed E-state index contributed by atoms with van der Waals surface area (Å²) in [6, 6.07) is 6.16. The molecule has 2 atom stereocenters. The van der Waals surface area contributed by atoms with Crippen LogP contribution in [0.5, 0.6) is 0 Å². The number of aliphatic hydroxyl groups is 1. The molecule has 1 aromatic carbocycles. The first-order valence-corrected chi connectivity index (χ1v) is 7.60. The van der Waals surface area contributed by atoms with Gasteiger partial charge < -0.3 is 10.8 Å². The van der Waals surface area contributed by atoms with Crippen molar-refractivity contribution in [1.29, 1.82) is 0 Å². The summed E-state index contributed by atoms with van der Waals surface area (Å²) in [5, 5.41) is 10.7. The molecule has 2 unspecified atom stereocenters. The van der Waals surface area contributed by atoms with Crippen molar-refractivity contribution in [2.75, 3.05) is 6.54 Å². The first kappa shape index (κ1) is 16.5. The van der Waals surface area contributed by atoms with Gasteiger partial charge in [-0.3, -0.25) is 0 Å². The number of rotatable bonds is 2. The molecule has 1 aliphatic rings. The fourth-order valence-corrected chi connectivity index (χ4v) is 3.00. The molecule has 3 N–H and O–H groups in total. The molecular formula is C16H26ClNO. The molecule has 1 saturated carbocycles. The highest BCUT2D eigenvalue weighted by Crippen LogP contribution is 2.39. The number of benzene rings is 1. The topological polar surface area (TPSA) is 46.2 Å². The molecule has 0 saturated heterocycles. The van der Waals surface area contributed by atoms with Gasteiger partial charge in [-0.15, -0.1) is 0 Å². The van der Waals surface area contributed by atoms with Crippen molar-refractivity contribution in [3.05, 3.63) is 34.3 Å². The van der Waals surface area contributed by atoms with Crippen LogP contribution in [-0.2, 0) is 5.41 Å². The Morgan fingerprint density at radius 1 is 1.42 bits per heavy atom. The van der Waals surface area contributed by atoms with Crippen molar-refractivity contribution in [2.24, 2.45) is 5.73 Å². The van der Waals surface area contributed by atoms with E-state index in [1.807, 2.05) is 32.9 Å². The molecule has 19 heavy (non-hydrogen) atoms. The summed E-state index contributed by atoms with van der Waals surface area (Å²) in [5.74, 6) is 0. The second-order valence-corrected chi connectivity index (χ2v) is 5.61. The molecule has 108 valence electrons. The second-order valence-electron chi connectivity index (χ2n) is 5.20. The molecule has 2 nitrogen and oxygen atoms in total. The smallest absolute Gasteiger partial charge is 0.0549 e. The highest BCUT2D eigenvalue weighted by molar-refractivity contribution is 6.31. The van der Waals surface area contributed by atoms with Crippen LogP contribution in [0.2, 0.25) is 5.02 Å². The van der Waals surface area contributed by atoms with Crippen LogP contribution >= 0.6 is 11.6 Å². The Morgan fingerprint density at radius 2 is 2.11 bits per heavy atom. The first-order chi connectivity index (χ1) is 9.07. The minimum absolute atomic E-state index is 0.0883. The Balaban J connectivity index is 0.000000861. The Hall–Kier alpha value is -0.570. The lowest BCUT2D eigenvalue weighted by atomic mass is 9.68. The molecule has 0 bridgehead atoms. The van der Waals surface area contributed by atoms with Crippen molar-refractivity contribution >= 4 is 11.6 Å². The number of aryl methyl sites for hydroxylation is 1. The van der Waals surface area contributed by atoms with Crippen LogP contribution in [-0.4, -0.2) is 17.8 Å². The lowest BCUT2D eigenvalue weighted by molar-refractivity contribution is 0.0871. The molecule has 0 amide bonds. The first-order valence-electron chi connectivity index (χ1n) is 7.22. The normalized spacial score (nSPS) is 26.5. The van der Waals surface area contributed by atoms with Gasteiger partial charge in [-0.25, -0.2) is 0 Å². The molecule has 1 aromatic rings. The molecule has 0 radical (unpaired) electrons. The van der Waals surface area contributed by atoms with Gasteiger partial charge in [-0.05, 0) is 49.8 Å². The third-order valence-corrected chi connectivity index (χ3v) is 4.40. The summed E-state index contributed by atoms with van der Waals surface area (Å²) >= 11 is 6.19. The summed E-state index contributed by atoms with van der Waals surface area (Å²) in [7, 11) is 0. The zero-order valence-electron chi connectivity index (χ0n) is 12.2. The van der Waals surface area contributed by atoms with Gasteiger partial charge in [-0.1, -0.05) is 37.6 Å². The summed E-state index contributed by atoms with van der Waals surface area (Å²) in [6.45, 7) is 6.57. The Bertz CT molecular complexity index is 408. The standard InChI is InChI=1S/C14H20ClNO.C2H6/c1-10-4-5-11(7-13(10)15)14(9-16)6-2-3-12(17)8-14;1-2/h4-5,7,12,17H,2-3,6,8-9,16H2,1H3;1-2H3. The van der Waals surface area contributed by atoms with Gasteiger partial charge in [0, 0.05) is 17.0 Å². The lowest BCUT2D eigenvalue weighted by Crippen LogP contribution is -2.41. The van der Waals surface area contributed by atoms with E-state index in [0.29, 0.717) is 6.54 Å². The average molecular weight is 284 g/mol. The fourth-order valence-electron chi connectivity index (χ4n) is 2.82. The maximum Gasteiger partial charge on any atom is 0.0549 e. The van der Waals surface area contributed by atoms with Crippen LogP contribution in [0.4, 0.5) is 0 Å². The fraction of sp³-hybridized carbons (Fsp3) is 0.625. The molecule has 2 rings (SSSR count). The number of aliphatic hydroxyl groups excluding tert-OH is 1. The monoisotopic (exact) mass is 283 g/mol. The largest absolute Gasteiger partial charge is 0.393 e. The van der Waals surface area contributed by atoms with E-state index in [1.165, 1.54) is 5.56 Å². The Kier molecular flexibility index (Phi) is 6.31. The number of hydrogen-bond donors (Lipinski definition) is 2. The predicted octanol–water partition coefficient (Wildman–Crippen LogP) is 3.81.